The van der Waals surface area contributed by atoms with Crippen molar-refractivity contribution < 1.29 is 8.42 Å². The Bertz CT molecular complexity index is 289. The molecule has 1 aliphatic heterocycles. The predicted molar refractivity (Wildman–Crippen MR) is 73.9 cm³/mol. The number of thioether (sulfide) groups is 2. The molecule has 1 fully saturated rings. The van der Waals surface area contributed by atoms with Crippen molar-refractivity contribution >= 4 is 33.5 Å². The van der Waals surface area contributed by atoms with E-state index < -0.39 is 10.0 Å². The second kappa shape index (κ2) is 7.10. The predicted octanol–water partition coefficient (Wildman–Crippen LogP) is 0.362. The fourth-order valence-electron chi connectivity index (χ4n) is 1.40. The minimum absolute atomic E-state index is 0.376. The van der Waals surface area contributed by atoms with E-state index in [1.807, 2.05) is 23.5 Å². The van der Waals surface area contributed by atoms with Crippen molar-refractivity contribution in [1.29, 1.82) is 0 Å². The fourth-order valence-corrected chi connectivity index (χ4v) is 5.22. The van der Waals surface area contributed by atoms with Crippen LogP contribution in [0.4, 0.5) is 0 Å². The average molecular weight is 284 g/mol. The lowest BCUT2D eigenvalue weighted by atomic mass is 10.5. The van der Waals surface area contributed by atoms with Crippen LogP contribution in [-0.2, 0) is 10.0 Å². The van der Waals surface area contributed by atoms with Gasteiger partial charge < -0.3 is 5.32 Å². The van der Waals surface area contributed by atoms with Gasteiger partial charge in [0.15, 0.2) is 0 Å². The van der Waals surface area contributed by atoms with E-state index in [4.69, 9.17) is 0 Å². The van der Waals surface area contributed by atoms with Gasteiger partial charge in [-0.05, 0) is 14.0 Å². The molecule has 1 heterocycles. The Hall–Kier alpha value is 0.570. The summed E-state index contributed by atoms with van der Waals surface area (Å²) in [5, 5.41) is 2.93. The highest BCUT2D eigenvalue weighted by Gasteiger charge is 2.22. The average Bonchev–Trinajstić information content (AvgIpc) is 2.28. The van der Waals surface area contributed by atoms with Gasteiger partial charge in [0.1, 0.15) is 0 Å². The largest absolute Gasteiger partial charge is 0.318 e. The molecule has 0 amide bonds. The standard InChI is InChI=1S/C9H20N2O2S3/c1-8(5-10-2)16(12,13)11-6-9-7-14-3-4-15-9/h8-11H,3-7H2,1-2H3. The van der Waals surface area contributed by atoms with Gasteiger partial charge in [0.25, 0.3) is 0 Å². The first-order valence-electron chi connectivity index (χ1n) is 5.38. The molecule has 2 N–H and O–H groups in total. The monoisotopic (exact) mass is 284 g/mol. The maximum Gasteiger partial charge on any atom is 0.215 e. The molecule has 0 aromatic rings. The van der Waals surface area contributed by atoms with Crippen LogP contribution >= 0.6 is 23.5 Å². The van der Waals surface area contributed by atoms with Crippen LogP contribution < -0.4 is 10.0 Å². The van der Waals surface area contributed by atoms with Gasteiger partial charge in [-0.25, -0.2) is 13.1 Å². The fraction of sp³-hybridized carbons (Fsp3) is 1.00. The van der Waals surface area contributed by atoms with Gasteiger partial charge in [-0.15, -0.1) is 0 Å². The van der Waals surface area contributed by atoms with E-state index in [0.717, 1.165) is 11.5 Å². The normalized spacial score (nSPS) is 24.2. The van der Waals surface area contributed by atoms with Gasteiger partial charge in [0, 0.05) is 35.6 Å². The van der Waals surface area contributed by atoms with Gasteiger partial charge in [-0.3, -0.25) is 0 Å². The highest BCUT2D eigenvalue weighted by atomic mass is 32.2. The van der Waals surface area contributed by atoms with Gasteiger partial charge in [0.2, 0.25) is 10.0 Å². The van der Waals surface area contributed by atoms with Crippen molar-refractivity contribution in [2.45, 2.75) is 17.4 Å². The lowest BCUT2D eigenvalue weighted by Crippen LogP contribution is -2.41. The number of hydrogen-bond acceptors (Lipinski definition) is 5. The molecular weight excluding hydrogens is 264 g/mol. The van der Waals surface area contributed by atoms with E-state index >= 15 is 0 Å². The molecule has 4 nitrogen and oxygen atoms in total. The van der Waals surface area contributed by atoms with Gasteiger partial charge >= 0.3 is 0 Å². The van der Waals surface area contributed by atoms with Gasteiger partial charge in [-0.1, -0.05) is 0 Å². The van der Waals surface area contributed by atoms with Crippen molar-refractivity contribution in [2.75, 3.05) is 37.4 Å². The summed E-state index contributed by atoms with van der Waals surface area (Å²) in [6.07, 6.45) is 0. The summed E-state index contributed by atoms with van der Waals surface area (Å²) in [7, 11) is -1.39. The topological polar surface area (TPSA) is 58.2 Å². The van der Waals surface area contributed by atoms with Crippen LogP contribution in [-0.4, -0.2) is 56.3 Å². The number of hydrogen-bond donors (Lipinski definition) is 2. The molecule has 0 radical (unpaired) electrons. The van der Waals surface area contributed by atoms with Crippen LogP contribution in [0.1, 0.15) is 6.92 Å². The van der Waals surface area contributed by atoms with E-state index in [1.54, 1.807) is 14.0 Å². The zero-order chi connectivity index (χ0) is 12.0. The molecule has 0 aromatic carbocycles. The smallest absolute Gasteiger partial charge is 0.215 e. The Balaban J connectivity index is 2.34. The minimum Gasteiger partial charge on any atom is -0.318 e. The summed E-state index contributed by atoms with van der Waals surface area (Å²) in [6, 6.07) is 0. The Kier molecular flexibility index (Phi) is 6.50. The maximum atomic E-state index is 11.8. The molecule has 2 atom stereocenters. The molecule has 0 aromatic heterocycles. The minimum atomic E-state index is -3.16. The third-order valence-corrected chi connectivity index (χ3v) is 7.06. The SMILES string of the molecule is CNCC(C)S(=O)(=O)NCC1CSCCS1. The quantitative estimate of drug-likeness (QED) is 0.738. The first-order valence-corrected chi connectivity index (χ1v) is 9.13. The molecule has 0 bridgehead atoms. The molecular formula is C9H20N2O2S3. The number of sulfonamides is 1. The third-order valence-electron chi connectivity index (χ3n) is 2.42. The molecule has 1 saturated heterocycles. The van der Waals surface area contributed by atoms with Crippen LogP contribution in [0.3, 0.4) is 0 Å². The zero-order valence-electron chi connectivity index (χ0n) is 9.73. The lowest BCUT2D eigenvalue weighted by Gasteiger charge is -2.22. The number of rotatable bonds is 6. The second-order valence-electron chi connectivity index (χ2n) is 3.83. The summed E-state index contributed by atoms with van der Waals surface area (Å²) in [5.41, 5.74) is 0. The molecule has 7 heteroatoms. The summed E-state index contributed by atoms with van der Waals surface area (Å²) < 4.78 is 26.3. The Morgan fingerprint density at radius 1 is 1.44 bits per heavy atom. The summed E-state index contributed by atoms with van der Waals surface area (Å²) in [6.45, 7) is 2.78. The number of nitrogens with one attached hydrogen (secondary N) is 2. The summed E-state index contributed by atoms with van der Waals surface area (Å²) in [4.78, 5) is 0. The van der Waals surface area contributed by atoms with Crippen LogP contribution in [0.5, 0.6) is 0 Å². The highest BCUT2D eigenvalue weighted by molar-refractivity contribution is 8.06. The molecule has 1 aliphatic rings. The Labute approximate surface area is 107 Å². The van der Waals surface area contributed by atoms with E-state index in [2.05, 4.69) is 10.0 Å². The van der Waals surface area contributed by atoms with Gasteiger partial charge in [0.05, 0.1) is 5.25 Å². The van der Waals surface area contributed by atoms with Crippen molar-refractivity contribution in [3.05, 3.63) is 0 Å². The van der Waals surface area contributed by atoms with E-state index in [0.29, 0.717) is 18.3 Å². The molecule has 96 valence electrons. The summed E-state index contributed by atoms with van der Waals surface area (Å²) in [5.74, 6) is 3.36. The molecule has 0 saturated carbocycles. The second-order valence-corrected chi connectivity index (χ2v) is 8.57. The van der Waals surface area contributed by atoms with Crippen LogP contribution in [0.2, 0.25) is 0 Å². The highest BCUT2D eigenvalue weighted by Crippen LogP contribution is 2.23. The first kappa shape index (κ1) is 14.6. The Morgan fingerprint density at radius 2 is 2.19 bits per heavy atom. The van der Waals surface area contributed by atoms with Crippen molar-refractivity contribution in [1.82, 2.24) is 10.0 Å². The molecule has 0 aliphatic carbocycles. The molecule has 1 rings (SSSR count). The van der Waals surface area contributed by atoms with Crippen LogP contribution in [0.25, 0.3) is 0 Å². The first-order chi connectivity index (χ1) is 7.56. The van der Waals surface area contributed by atoms with Crippen molar-refractivity contribution in [2.24, 2.45) is 0 Å². The molecule has 0 spiro atoms. The lowest BCUT2D eigenvalue weighted by molar-refractivity contribution is 0.563. The maximum absolute atomic E-state index is 11.8. The van der Waals surface area contributed by atoms with Gasteiger partial charge in [-0.2, -0.15) is 23.5 Å². The van der Waals surface area contributed by atoms with Crippen LogP contribution in [0, 0.1) is 0 Å². The van der Waals surface area contributed by atoms with E-state index in [1.165, 1.54) is 5.75 Å². The van der Waals surface area contributed by atoms with E-state index in [-0.39, 0.29) is 5.25 Å². The Morgan fingerprint density at radius 3 is 2.75 bits per heavy atom. The summed E-state index contributed by atoms with van der Waals surface area (Å²) >= 11 is 3.77. The molecule has 16 heavy (non-hydrogen) atoms. The third kappa shape index (κ3) is 4.83. The zero-order valence-corrected chi connectivity index (χ0v) is 12.2. The van der Waals surface area contributed by atoms with Crippen molar-refractivity contribution in [3.8, 4) is 0 Å². The van der Waals surface area contributed by atoms with Crippen molar-refractivity contribution in [3.63, 3.8) is 0 Å². The van der Waals surface area contributed by atoms with E-state index in [9.17, 15) is 8.42 Å². The van der Waals surface area contributed by atoms with Crippen LogP contribution in [0.15, 0.2) is 0 Å². The molecule has 2 unspecified atom stereocenters.